The molecule has 0 aliphatic carbocycles. The van der Waals surface area contributed by atoms with Crippen molar-refractivity contribution in [3.63, 3.8) is 0 Å². The molecule has 29 heavy (non-hydrogen) atoms. The lowest BCUT2D eigenvalue weighted by atomic mass is 10.0. The van der Waals surface area contributed by atoms with Gasteiger partial charge in [-0.25, -0.2) is 9.97 Å². The van der Waals surface area contributed by atoms with Crippen molar-refractivity contribution in [2.75, 3.05) is 42.9 Å². The standard InChI is InChI=1S/C21H20N6OS/c22-13-17-6-5-16(14-24-17)18-3-1-2-4-19(18)26-8-10-27(11-9-26)20(28)15-25-21-23-7-12-29-21/h1-7,12,14H,8-11,15H2,(H,23,25). The van der Waals surface area contributed by atoms with Crippen LogP contribution in [0.4, 0.5) is 10.8 Å². The van der Waals surface area contributed by atoms with Crippen LogP contribution in [0.5, 0.6) is 0 Å². The van der Waals surface area contributed by atoms with Crippen molar-refractivity contribution in [3.05, 3.63) is 59.9 Å². The topological polar surface area (TPSA) is 85.2 Å². The van der Waals surface area contributed by atoms with Crippen LogP contribution in [0, 0.1) is 11.3 Å². The first-order chi connectivity index (χ1) is 14.2. The third-order valence-corrected chi connectivity index (χ3v) is 5.62. The summed E-state index contributed by atoms with van der Waals surface area (Å²) < 4.78 is 0. The van der Waals surface area contributed by atoms with E-state index in [2.05, 4.69) is 38.4 Å². The summed E-state index contributed by atoms with van der Waals surface area (Å²) in [7, 11) is 0. The molecule has 2 aromatic heterocycles. The Morgan fingerprint density at radius 1 is 1.14 bits per heavy atom. The smallest absolute Gasteiger partial charge is 0.242 e. The van der Waals surface area contributed by atoms with Gasteiger partial charge in [0.1, 0.15) is 11.8 Å². The third kappa shape index (κ3) is 4.36. The van der Waals surface area contributed by atoms with Gasteiger partial charge in [-0.1, -0.05) is 18.2 Å². The molecule has 4 rings (SSSR count). The highest BCUT2D eigenvalue weighted by Gasteiger charge is 2.22. The van der Waals surface area contributed by atoms with Crippen molar-refractivity contribution in [3.8, 4) is 17.2 Å². The molecule has 1 N–H and O–H groups in total. The van der Waals surface area contributed by atoms with Crippen molar-refractivity contribution < 1.29 is 4.79 Å². The Kier molecular flexibility index (Phi) is 5.68. The summed E-state index contributed by atoms with van der Waals surface area (Å²) in [6.45, 7) is 3.16. The quantitative estimate of drug-likeness (QED) is 0.704. The van der Waals surface area contributed by atoms with Crippen LogP contribution in [0.1, 0.15) is 5.69 Å². The Bertz CT molecular complexity index is 1000. The zero-order chi connectivity index (χ0) is 20.1. The van der Waals surface area contributed by atoms with Gasteiger partial charge in [-0.2, -0.15) is 5.26 Å². The summed E-state index contributed by atoms with van der Waals surface area (Å²) in [5.41, 5.74) is 3.58. The Balaban J connectivity index is 1.41. The number of pyridine rings is 1. The van der Waals surface area contributed by atoms with Gasteiger partial charge in [-0.05, 0) is 18.2 Å². The van der Waals surface area contributed by atoms with Crippen LogP contribution in [0.25, 0.3) is 11.1 Å². The van der Waals surface area contributed by atoms with E-state index in [4.69, 9.17) is 5.26 Å². The van der Waals surface area contributed by atoms with Gasteiger partial charge in [0.05, 0.1) is 6.54 Å². The second-order valence-corrected chi connectivity index (χ2v) is 7.51. The molecule has 146 valence electrons. The molecule has 0 radical (unpaired) electrons. The fourth-order valence-electron chi connectivity index (χ4n) is 3.38. The number of carbonyl (C=O) groups excluding carboxylic acids is 1. The number of rotatable bonds is 5. The Morgan fingerprint density at radius 2 is 1.97 bits per heavy atom. The van der Waals surface area contributed by atoms with Gasteiger partial charge in [0, 0.05) is 60.8 Å². The van der Waals surface area contributed by atoms with Gasteiger partial charge in [-0.15, -0.1) is 11.3 Å². The zero-order valence-corrected chi connectivity index (χ0v) is 16.6. The Labute approximate surface area is 173 Å². The minimum atomic E-state index is 0.0874. The van der Waals surface area contributed by atoms with Crippen molar-refractivity contribution in [2.24, 2.45) is 0 Å². The van der Waals surface area contributed by atoms with Crippen LogP contribution in [0.15, 0.2) is 54.2 Å². The lowest BCUT2D eigenvalue weighted by molar-refractivity contribution is -0.129. The van der Waals surface area contributed by atoms with Crippen molar-refractivity contribution in [2.45, 2.75) is 0 Å². The number of benzene rings is 1. The molecule has 0 bridgehead atoms. The molecule has 0 saturated carbocycles. The molecule has 1 aliphatic rings. The second-order valence-electron chi connectivity index (χ2n) is 6.62. The first-order valence-corrected chi connectivity index (χ1v) is 10.2. The van der Waals surface area contributed by atoms with Crippen LogP contribution in [-0.2, 0) is 4.79 Å². The van der Waals surface area contributed by atoms with Gasteiger partial charge in [0.2, 0.25) is 5.91 Å². The zero-order valence-electron chi connectivity index (χ0n) is 15.8. The van der Waals surface area contributed by atoms with Gasteiger partial charge in [-0.3, -0.25) is 4.79 Å². The summed E-state index contributed by atoms with van der Waals surface area (Å²) in [4.78, 5) is 25.0. The van der Waals surface area contributed by atoms with Crippen LogP contribution in [-0.4, -0.2) is 53.5 Å². The van der Waals surface area contributed by atoms with E-state index < -0.39 is 0 Å². The number of anilines is 2. The summed E-state index contributed by atoms with van der Waals surface area (Å²) in [5, 5.41) is 14.7. The third-order valence-electron chi connectivity index (χ3n) is 4.89. The highest BCUT2D eigenvalue weighted by atomic mass is 32.1. The number of amides is 1. The van der Waals surface area contributed by atoms with Gasteiger partial charge < -0.3 is 15.1 Å². The molecule has 1 aromatic carbocycles. The van der Waals surface area contributed by atoms with Gasteiger partial charge >= 0.3 is 0 Å². The summed E-state index contributed by atoms with van der Waals surface area (Å²) in [6, 6.07) is 13.9. The molecular formula is C21H20N6OS. The molecule has 1 aliphatic heterocycles. The van der Waals surface area contributed by atoms with E-state index in [1.807, 2.05) is 28.5 Å². The number of nitrogens with zero attached hydrogens (tertiary/aromatic N) is 5. The van der Waals surface area contributed by atoms with E-state index in [0.717, 1.165) is 35.0 Å². The maximum atomic E-state index is 12.5. The number of nitrogens with one attached hydrogen (secondary N) is 1. The van der Waals surface area contributed by atoms with Crippen LogP contribution >= 0.6 is 11.3 Å². The second kappa shape index (κ2) is 8.71. The highest BCUT2D eigenvalue weighted by Crippen LogP contribution is 2.31. The van der Waals surface area contributed by atoms with E-state index >= 15 is 0 Å². The SMILES string of the molecule is N#Cc1ccc(-c2ccccc2N2CCN(C(=O)CNc3nccs3)CC2)cn1. The lowest BCUT2D eigenvalue weighted by Crippen LogP contribution is -2.50. The average Bonchev–Trinajstić information content (AvgIpc) is 3.31. The molecule has 0 spiro atoms. The van der Waals surface area contributed by atoms with Crippen LogP contribution in [0.2, 0.25) is 0 Å². The number of hydrogen-bond acceptors (Lipinski definition) is 7. The number of aromatic nitrogens is 2. The maximum absolute atomic E-state index is 12.5. The molecule has 3 heterocycles. The fraction of sp³-hybridized carbons (Fsp3) is 0.238. The van der Waals surface area contributed by atoms with Gasteiger partial charge in [0.25, 0.3) is 0 Å². The molecule has 8 heteroatoms. The van der Waals surface area contributed by atoms with Crippen LogP contribution < -0.4 is 10.2 Å². The highest BCUT2D eigenvalue weighted by molar-refractivity contribution is 7.13. The fourth-order valence-corrected chi connectivity index (χ4v) is 3.91. The monoisotopic (exact) mass is 404 g/mol. The Morgan fingerprint density at radius 3 is 2.66 bits per heavy atom. The molecule has 1 fully saturated rings. The van der Waals surface area contributed by atoms with E-state index in [0.29, 0.717) is 18.8 Å². The molecule has 7 nitrogen and oxygen atoms in total. The molecule has 0 unspecified atom stereocenters. The van der Waals surface area contributed by atoms with Crippen molar-refractivity contribution in [1.29, 1.82) is 5.26 Å². The minimum Gasteiger partial charge on any atom is -0.367 e. The predicted molar refractivity (Wildman–Crippen MR) is 114 cm³/mol. The summed E-state index contributed by atoms with van der Waals surface area (Å²) in [6.07, 6.45) is 3.46. The molecule has 1 saturated heterocycles. The van der Waals surface area contributed by atoms with Crippen LogP contribution in [0.3, 0.4) is 0 Å². The van der Waals surface area contributed by atoms with Crippen molar-refractivity contribution in [1.82, 2.24) is 14.9 Å². The summed E-state index contributed by atoms with van der Waals surface area (Å²) >= 11 is 1.49. The Hall–Kier alpha value is -3.44. The first kappa shape index (κ1) is 18.9. The average molecular weight is 404 g/mol. The van der Waals surface area contributed by atoms with Crippen molar-refractivity contribution >= 4 is 28.1 Å². The lowest BCUT2D eigenvalue weighted by Gasteiger charge is -2.37. The van der Waals surface area contributed by atoms with E-state index in [-0.39, 0.29) is 12.5 Å². The van der Waals surface area contributed by atoms with E-state index in [1.165, 1.54) is 11.3 Å². The molecule has 3 aromatic rings. The predicted octanol–water partition coefficient (Wildman–Crippen LogP) is 2.84. The normalized spacial score (nSPS) is 13.8. The van der Waals surface area contributed by atoms with E-state index in [9.17, 15) is 4.79 Å². The molecular weight excluding hydrogens is 384 g/mol. The number of para-hydroxylation sites is 1. The van der Waals surface area contributed by atoms with E-state index in [1.54, 1.807) is 18.5 Å². The molecule has 1 amide bonds. The number of carbonyl (C=O) groups is 1. The first-order valence-electron chi connectivity index (χ1n) is 9.36. The minimum absolute atomic E-state index is 0.0874. The number of thiazole rings is 1. The molecule has 0 atom stereocenters. The van der Waals surface area contributed by atoms with Gasteiger partial charge in [0.15, 0.2) is 5.13 Å². The number of hydrogen-bond donors (Lipinski definition) is 1. The summed E-state index contributed by atoms with van der Waals surface area (Å²) in [5.74, 6) is 0.0874. The number of piperazine rings is 1. The largest absolute Gasteiger partial charge is 0.367 e. The maximum Gasteiger partial charge on any atom is 0.242 e. The number of nitriles is 1.